The molecule has 0 radical (unpaired) electrons. The minimum absolute atomic E-state index is 0.0381. The van der Waals surface area contributed by atoms with Gasteiger partial charge in [0, 0.05) is 34.1 Å². The van der Waals surface area contributed by atoms with Gasteiger partial charge in [-0.25, -0.2) is 0 Å². The number of carbonyl (C=O) groups is 1. The Bertz CT molecular complexity index is 424. The highest BCUT2D eigenvalue weighted by Gasteiger charge is 2.25. The fourth-order valence-corrected chi connectivity index (χ4v) is 2.92. The Kier molecular flexibility index (Phi) is 8.15. The fourth-order valence-electron chi connectivity index (χ4n) is 1.95. The van der Waals surface area contributed by atoms with Crippen LogP contribution in [-0.2, 0) is 4.79 Å². The van der Waals surface area contributed by atoms with Gasteiger partial charge in [0.15, 0.2) is 0 Å². The molecule has 21 heavy (non-hydrogen) atoms. The van der Waals surface area contributed by atoms with Crippen molar-refractivity contribution in [2.75, 3.05) is 18.9 Å². The molecule has 1 amide bonds. The van der Waals surface area contributed by atoms with Gasteiger partial charge in [-0.1, -0.05) is 25.4 Å². The summed E-state index contributed by atoms with van der Waals surface area (Å²) in [6.07, 6.45) is 2.20. The summed E-state index contributed by atoms with van der Waals surface area (Å²) in [5, 5.41) is 13.1. The lowest BCUT2D eigenvalue weighted by Crippen LogP contribution is -2.39. The van der Waals surface area contributed by atoms with Crippen molar-refractivity contribution in [1.82, 2.24) is 5.32 Å². The molecule has 0 bridgehead atoms. The molecular formula is C16H24ClNO2S. The van der Waals surface area contributed by atoms with Crippen LogP contribution in [0.15, 0.2) is 29.2 Å². The van der Waals surface area contributed by atoms with Crippen molar-refractivity contribution in [2.24, 2.45) is 5.41 Å². The first-order valence-corrected chi connectivity index (χ1v) is 8.67. The fraction of sp³-hybridized carbons (Fsp3) is 0.562. The molecule has 0 unspecified atom stereocenters. The molecule has 0 saturated heterocycles. The lowest BCUT2D eigenvalue weighted by atomic mass is 9.83. The summed E-state index contributed by atoms with van der Waals surface area (Å²) in [5.74, 6) is 0.772. The molecule has 0 aliphatic carbocycles. The third kappa shape index (κ3) is 6.29. The molecule has 0 atom stereocenters. The van der Waals surface area contributed by atoms with Gasteiger partial charge in [0.05, 0.1) is 6.61 Å². The van der Waals surface area contributed by atoms with E-state index in [0.29, 0.717) is 13.0 Å². The standard InChI is InChI=1S/C16H24ClNO2S/c1-3-16(4-2,12-19)11-18-15(20)9-10-21-14-7-5-13(17)6-8-14/h5-8,19H,3-4,9-12H2,1-2H3,(H,18,20). The van der Waals surface area contributed by atoms with Gasteiger partial charge in [-0.2, -0.15) is 0 Å². The van der Waals surface area contributed by atoms with Crippen LogP contribution in [0.2, 0.25) is 5.02 Å². The Morgan fingerprint density at radius 3 is 2.43 bits per heavy atom. The molecule has 0 saturated carbocycles. The minimum Gasteiger partial charge on any atom is -0.396 e. The van der Waals surface area contributed by atoms with Gasteiger partial charge < -0.3 is 10.4 Å². The molecule has 1 rings (SSSR count). The molecule has 0 aliphatic rings. The Morgan fingerprint density at radius 1 is 1.29 bits per heavy atom. The molecule has 5 heteroatoms. The van der Waals surface area contributed by atoms with Crippen LogP contribution in [0.4, 0.5) is 0 Å². The van der Waals surface area contributed by atoms with Crippen LogP contribution in [0, 0.1) is 5.41 Å². The zero-order chi connectivity index (χ0) is 15.7. The van der Waals surface area contributed by atoms with Crippen LogP contribution < -0.4 is 5.32 Å². The SMILES string of the molecule is CCC(CC)(CO)CNC(=O)CCSc1ccc(Cl)cc1. The number of halogens is 1. The molecule has 0 aliphatic heterocycles. The highest BCUT2D eigenvalue weighted by molar-refractivity contribution is 7.99. The number of rotatable bonds is 9. The Morgan fingerprint density at radius 2 is 1.90 bits per heavy atom. The maximum atomic E-state index is 11.9. The number of aliphatic hydroxyl groups is 1. The summed E-state index contributed by atoms with van der Waals surface area (Å²) >= 11 is 7.47. The maximum absolute atomic E-state index is 11.9. The lowest BCUT2D eigenvalue weighted by molar-refractivity contribution is -0.121. The van der Waals surface area contributed by atoms with Gasteiger partial charge in [-0.05, 0) is 37.1 Å². The summed E-state index contributed by atoms with van der Waals surface area (Å²) < 4.78 is 0. The van der Waals surface area contributed by atoms with Crippen molar-refractivity contribution in [3.05, 3.63) is 29.3 Å². The predicted octanol–water partition coefficient (Wildman–Crippen LogP) is 3.74. The van der Waals surface area contributed by atoms with Crippen LogP contribution in [0.5, 0.6) is 0 Å². The van der Waals surface area contributed by atoms with E-state index < -0.39 is 0 Å². The van der Waals surface area contributed by atoms with E-state index >= 15 is 0 Å². The van der Waals surface area contributed by atoms with E-state index in [1.165, 1.54) is 0 Å². The largest absolute Gasteiger partial charge is 0.396 e. The molecule has 0 spiro atoms. The summed E-state index contributed by atoms with van der Waals surface area (Å²) in [4.78, 5) is 13.0. The molecule has 0 fully saturated rings. The third-order valence-electron chi connectivity index (χ3n) is 3.91. The first-order chi connectivity index (χ1) is 10.0. The summed E-state index contributed by atoms with van der Waals surface area (Å²) in [6, 6.07) is 7.61. The summed E-state index contributed by atoms with van der Waals surface area (Å²) in [6.45, 7) is 4.74. The molecular weight excluding hydrogens is 306 g/mol. The van der Waals surface area contributed by atoms with E-state index in [0.717, 1.165) is 28.5 Å². The Hall–Kier alpha value is -0.710. The second-order valence-corrected chi connectivity index (χ2v) is 6.80. The van der Waals surface area contributed by atoms with E-state index in [4.69, 9.17) is 11.6 Å². The van der Waals surface area contributed by atoms with Crippen molar-refractivity contribution >= 4 is 29.3 Å². The first kappa shape index (κ1) is 18.3. The average Bonchev–Trinajstić information content (AvgIpc) is 2.51. The third-order valence-corrected chi connectivity index (χ3v) is 5.17. The predicted molar refractivity (Wildman–Crippen MR) is 89.9 cm³/mol. The van der Waals surface area contributed by atoms with Gasteiger partial charge in [-0.3, -0.25) is 4.79 Å². The van der Waals surface area contributed by atoms with Crippen LogP contribution >= 0.6 is 23.4 Å². The summed E-state index contributed by atoms with van der Waals surface area (Å²) in [5.41, 5.74) is -0.182. The van der Waals surface area contributed by atoms with Crippen molar-refractivity contribution < 1.29 is 9.90 Å². The second kappa shape index (κ2) is 9.34. The van der Waals surface area contributed by atoms with Crippen LogP contribution in [0.25, 0.3) is 0 Å². The molecule has 0 aromatic heterocycles. The van der Waals surface area contributed by atoms with Crippen LogP contribution in [0.1, 0.15) is 33.1 Å². The second-order valence-electron chi connectivity index (χ2n) is 5.19. The van der Waals surface area contributed by atoms with Gasteiger partial charge in [0.1, 0.15) is 0 Å². The van der Waals surface area contributed by atoms with Gasteiger partial charge in [0.2, 0.25) is 5.91 Å². The zero-order valence-electron chi connectivity index (χ0n) is 12.7. The highest BCUT2D eigenvalue weighted by Crippen LogP contribution is 2.24. The molecule has 2 N–H and O–H groups in total. The summed E-state index contributed by atoms with van der Waals surface area (Å²) in [7, 11) is 0. The Labute approximate surface area is 136 Å². The average molecular weight is 330 g/mol. The Balaban J connectivity index is 2.29. The first-order valence-electron chi connectivity index (χ1n) is 7.31. The van der Waals surface area contributed by atoms with Gasteiger partial charge >= 0.3 is 0 Å². The number of thioether (sulfide) groups is 1. The number of carbonyl (C=O) groups excluding carboxylic acids is 1. The number of aliphatic hydroxyl groups excluding tert-OH is 1. The van der Waals surface area contributed by atoms with E-state index in [1.807, 2.05) is 38.1 Å². The minimum atomic E-state index is -0.182. The normalized spacial score (nSPS) is 11.4. The number of amides is 1. The van der Waals surface area contributed by atoms with E-state index in [1.54, 1.807) is 11.8 Å². The van der Waals surface area contributed by atoms with E-state index in [2.05, 4.69) is 5.32 Å². The number of hydrogen-bond acceptors (Lipinski definition) is 3. The molecule has 1 aromatic carbocycles. The van der Waals surface area contributed by atoms with Crippen molar-refractivity contribution in [2.45, 2.75) is 38.0 Å². The van der Waals surface area contributed by atoms with Gasteiger partial charge in [0.25, 0.3) is 0 Å². The number of nitrogens with one attached hydrogen (secondary N) is 1. The van der Waals surface area contributed by atoms with Crippen molar-refractivity contribution in [1.29, 1.82) is 0 Å². The zero-order valence-corrected chi connectivity index (χ0v) is 14.3. The van der Waals surface area contributed by atoms with Gasteiger partial charge in [-0.15, -0.1) is 11.8 Å². The smallest absolute Gasteiger partial charge is 0.220 e. The van der Waals surface area contributed by atoms with E-state index in [-0.39, 0.29) is 17.9 Å². The highest BCUT2D eigenvalue weighted by atomic mass is 35.5. The maximum Gasteiger partial charge on any atom is 0.220 e. The number of benzene rings is 1. The van der Waals surface area contributed by atoms with Crippen LogP contribution in [-0.4, -0.2) is 29.9 Å². The van der Waals surface area contributed by atoms with Crippen molar-refractivity contribution in [3.63, 3.8) is 0 Å². The monoisotopic (exact) mass is 329 g/mol. The van der Waals surface area contributed by atoms with Crippen LogP contribution in [0.3, 0.4) is 0 Å². The number of hydrogen-bond donors (Lipinski definition) is 2. The molecule has 3 nitrogen and oxygen atoms in total. The molecule has 1 aromatic rings. The quantitative estimate of drug-likeness (QED) is 0.678. The van der Waals surface area contributed by atoms with E-state index in [9.17, 15) is 9.90 Å². The topological polar surface area (TPSA) is 49.3 Å². The molecule has 118 valence electrons. The molecule has 0 heterocycles. The van der Waals surface area contributed by atoms with Crippen molar-refractivity contribution in [3.8, 4) is 0 Å². The lowest BCUT2D eigenvalue weighted by Gasteiger charge is -2.29.